The van der Waals surface area contributed by atoms with Gasteiger partial charge < -0.3 is 11.1 Å². The number of nitrogens with zero attached hydrogens (tertiary/aromatic N) is 3. The molecular weight excluding hydrogens is 166 g/mol. The first-order valence-electron chi connectivity index (χ1n) is 4.51. The molecule has 2 heterocycles. The summed E-state index contributed by atoms with van der Waals surface area (Å²) < 4.78 is 0. The summed E-state index contributed by atoms with van der Waals surface area (Å²) in [6.45, 7) is 2.08. The van der Waals surface area contributed by atoms with E-state index in [-0.39, 0.29) is 0 Å². The van der Waals surface area contributed by atoms with Crippen molar-refractivity contribution in [2.45, 2.75) is 18.8 Å². The Morgan fingerprint density at radius 3 is 2.77 bits per heavy atom. The van der Waals surface area contributed by atoms with Crippen molar-refractivity contribution in [2.75, 3.05) is 18.8 Å². The van der Waals surface area contributed by atoms with Crippen LogP contribution in [0.5, 0.6) is 0 Å². The minimum Gasteiger partial charge on any atom is -0.368 e. The molecule has 0 amide bonds. The number of piperidine rings is 1. The van der Waals surface area contributed by atoms with Gasteiger partial charge in [0.15, 0.2) is 0 Å². The molecule has 2 rings (SSSR count). The standard InChI is InChI=1S/C8H13N5/c9-8-12-5-11-7(13-8)6-1-3-10-4-2-6/h5-6,10H,1-4H2,(H2,9,11,12,13). The normalized spacial score (nSPS) is 18.8. The molecule has 1 aromatic rings. The van der Waals surface area contributed by atoms with Gasteiger partial charge in [0.2, 0.25) is 5.95 Å². The molecule has 0 atom stereocenters. The number of nitrogen functional groups attached to an aromatic ring is 1. The predicted octanol–water partition coefficient (Wildman–Crippen LogP) is -0.0792. The number of nitrogens with two attached hydrogens (primary N) is 1. The molecule has 1 aromatic heterocycles. The topological polar surface area (TPSA) is 76.7 Å². The molecule has 1 aliphatic rings. The maximum absolute atomic E-state index is 5.49. The van der Waals surface area contributed by atoms with E-state index in [0.717, 1.165) is 31.8 Å². The van der Waals surface area contributed by atoms with Crippen LogP contribution >= 0.6 is 0 Å². The molecule has 5 heteroatoms. The van der Waals surface area contributed by atoms with Gasteiger partial charge in [0, 0.05) is 5.92 Å². The minimum atomic E-state index is 0.323. The van der Waals surface area contributed by atoms with Crippen LogP contribution in [0.3, 0.4) is 0 Å². The Morgan fingerprint density at radius 2 is 2.08 bits per heavy atom. The van der Waals surface area contributed by atoms with Crippen LogP contribution in [-0.4, -0.2) is 28.0 Å². The zero-order chi connectivity index (χ0) is 9.10. The SMILES string of the molecule is Nc1ncnc(C2CCNCC2)n1. The van der Waals surface area contributed by atoms with Gasteiger partial charge in [-0.3, -0.25) is 0 Å². The molecule has 0 unspecified atom stereocenters. The van der Waals surface area contributed by atoms with E-state index in [1.807, 2.05) is 0 Å². The molecule has 5 nitrogen and oxygen atoms in total. The van der Waals surface area contributed by atoms with E-state index in [1.54, 1.807) is 0 Å². The summed E-state index contributed by atoms with van der Waals surface area (Å²) in [7, 11) is 0. The van der Waals surface area contributed by atoms with E-state index in [2.05, 4.69) is 20.3 Å². The number of aromatic nitrogens is 3. The smallest absolute Gasteiger partial charge is 0.223 e. The summed E-state index contributed by atoms with van der Waals surface area (Å²) in [6.07, 6.45) is 3.66. The lowest BCUT2D eigenvalue weighted by Crippen LogP contribution is -2.27. The monoisotopic (exact) mass is 179 g/mol. The third-order valence-corrected chi connectivity index (χ3v) is 2.31. The molecular formula is C8H13N5. The van der Waals surface area contributed by atoms with Crippen molar-refractivity contribution in [1.29, 1.82) is 0 Å². The second-order valence-electron chi connectivity index (χ2n) is 3.23. The Bertz CT molecular complexity index is 282. The van der Waals surface area contributed by atoms with Crippen molar-refractivity contribution in [3.05, 3.63) is 12.2 Å². The van der Waals surface area contributed by atoms with Gasteiger partial charge in [0.1, 0.15) is 12.2 Å². The third kappa shape index (κ3) is 1.92. The molecule has 0 aliphatic carbocycles. The Kier molecular flexibility index (Phi) is 2.35. The fourth-order valence-corrected chi connectivity index (χ4v) is 1.60. The van der Waals surface area contributed by atoms with E-state index in [9.17, 15) is 0 Å². The summed E-state index contributed by atoms with van der Waals surface area (Å²) >= 11 is 0. The number of hydrogen-bond donors (Lipinski definition) is 2. The van der Waals surface area contributed by atoms with Crippen molar-refractivity contribution in [2.24, 2.45) is 0 Å². The van der Waals surface area contributed by atoms with Crippen LogP contribution in [0.4, 0.5) is 5.95 Å². The van der Waals surface area contributed by atoms with Crippen molar-refractivity contribution >= 4 is 5.95 Å². The molecule has 0 radical (unpaired) electrons. The Hall–Kier alpha value is -1.23. The van der Waals surface area contributed by atoms with Crippen LogP contribution in [0.25, 0.3) is 0 Å². The second-order valence-corrected chi connectivity index (χ2v) is 3.23. The van der Waals surface area contributed by atoms with Crippen LogP contribution in [-0.2, 0) is 0 Å². The van der Waals surface area contributed by atoms with Gasteiger partial charge in [-0.15, -0.1) is 0 Å². The lowest BCUT2D eigenvalue weighted by molar-refractivity contribution is 0.444. The molecule has 1 saturated heterocycles. The molecule has 70 valence electrons. The summed E-state index contributed by atoms with van der Waals surface area (Å²) in [5.41, 5.74) is 5.49. The van der Waals surface area contributed by atoms with Crippen LogP contribution in [0.15, 0.2) is 6.33 Å². The van der Waals surface area contributed by atoms with Gasteiger partial charge in [0.25, 0.3) is 0 Å². The maximum Gasteiger partial charge on any atom is 0.223 e. The van der Waals surface area contributed by atoms with Crippen molar-refractivity contribution in [3.8, 4) is 0 Å². The first kappa shape index (κ1) is 8.37. The zero-order valence-corrected chi connectivity index (χ0v) is 7.40. The van der Waals surface area contributed by atoms with Crippen LogP contribution in [0.2, 0.25) is 0 Å². The summed E-state index contributed by atoms with van der Waals surface area (Å²) in [4.78, 5) is 12.0. The number of hydrogen-bond acceptors (Lipinski definition) is 5. The minimum absolute atomic E-state index is 0.323. The maximum atomic E-state index is 5.49. The van der Waals surface area contributed by atoms with Crippen LogP contribution < -0.4 is 11.1 Å². The third-order valence-electron chi connectivity index (χ3n) is 2.31. The number of nitrogens with one attached hydrogen (secondary N) is 1. The molecule has 0 bridgehead atoms. The number of rotatable bonds is 1. The first-order chi connectivity index (χ1) is 6.36. The quantitative estimate of drug-likeness (QED) is 0.630. The second kappa shape index (κ2) is 3.66. The van der Waals surface area contributed by atoms with Crippen molar-refractivity contribution in [3.63, 3.8) is 0 Å². The lowest BCUT2D eigenvalue weighted by Gasteiger charge is -2.20. The highest BCUT2D eigenvalue weighted by Gasteiger charge is 2.17. The largest absolute Gasteiger partial charge is 0.368 e. The molecule has 1 fully saturated rings. The van der Waals surface area contributed by atoms with E-state index < -0.39 is 0 Å². The summed E-state index contributed by atoms with van der Waals surface area (Å²) in [5.74, 6) is 1.61. The van der Waals surface area contributed by atoms with Gasteiger partial charge >= 0.3 is 0 Å². The van der Waals surface area contributed by atoms with Crippen LogP contribution in [0, 0.1) is 0 Å². The van der Waals surface area contributed by atoms with E-state index in [4.69, 9.17) is 5.73 Å². The fraction of sp³-hybridized carbons (Fsp3) is 0.625. The van der Waals surface area contributed by atoms with Gasteiger partial charge in [-0.05, 0) is 25.9 Å². The first-order valence-corrected chi connectivity index (χ1v) is 4.51. The Labute approximate surface area is 76.8 Å². The van der Waals surface area contributed by atoms with Gasteiger partial charge in [-0.25, -0.2) is 9.97 Å². The highest BCUT2D eigenvalue weighted by atomic mass is 15.1. The average Bonchev–Trinajstić information content (AvgIpc) is 2.19. The number of anilines is 1. The Morgan fingerprint density at radius 1 is 1.31 bits per heavy atom. The highest BCUT2D eigenvalue weighted by Crippen LogP contribution is 2.21. The molecule has 1 aliphatic heterocycles. The van der Waals surface area contributed by atoms with Gasteiger partial charge in [0.05, 0.1) is 0 Å². The lowest BCUT2D eigenvalue weighted by atomic mass is 9.97. The predicted molar refractivity (Wildman–Crippen MR) is 49.1 cm³/mol. The molecule has 3 N–H and O–H groups in total. The van der Waals surface area contributed by atoms with Crippen LogP contribution in [0.1, 0.15) is 24.6 Å². The van der Waals surface area contributed by atoms with E-state index >= 15 is 0 Å². The van der Waals surface area contributed by atoms with E-state index in [1.165, 1.54) is 6.33 Å². The van der Waals surface area contributed by atoms with Gasteiger partial charge in [-0.1, -0.05) is 0 Å². The van der Waals surface area contributed by atoms with Crippen molar-refractivity contribution < 1.29 is 0 Å². The van der Waals surface area contributed by atoms with Gasteiger partial charge in [-0.2, -0.15) is 4.98 Å². The molecule has 13 heavy (non-hydrogen) atoms. The van der Waals surface area contributed by atoms with E-state index in [0.29, 0.717) is 11.9 Å². The molecule has 0 aromatic carbocycles. The Balaban J connectivity index is 2.14. The molecule has 0 spiro atoms. The van der Waals surface area contributed by atoms with Crippen molar-refractivity contribution in [1.82, 2.24) is 20.3 Å². The zero-order valence-electron chi connectivity index (χ0n) is 7.40. The summed E-state index contributed by atoms with van der Waals surface area (Å²) in [5, 5.41) is 3.30. The highest BCUT2D eigenvalue weighted by molar-refractivity contribution is 5.14. The fourth-order valence-electron chi connectivity index (χ4n) is 1.60. The summed E-state index contributed by atoms with van der Waals surface area (Å²) in [6, 6.07) is 0. The average molecular weight is 179 g/mol. The molecule has 0 saturated carbocycles.